The van der Waals surface area contributed by atoms with E-state index >= 15 is 0 Å². The van der Waals surface area contributed by atoms with E-state index in [0.717, 1.165) is 45.3 Å². The van der Waals surface area contributed by atoms with Gasteiger partial charge in [-0.2, -0.15) is 35.3 Å². The summed E-state index contributed by atoms with van der Waals surface area (Å²) in [5.74, 6) is 6.09. The average Bonchev–Trinajstić information content (AvgIpc) is 3.05. The first kappa shape index (κ1) is 36.6. The van der Waals surface area contributed by atoms with Crippen molar-refractivity contribution < 1.29 is 19.2 Å². The fourth-order valence-electron chi connectivity index (χ4n) is 4.28. The highest BCUT2D eigenvalue weighted by Crippen LogP contribution is 2.30. The standard InChI is InChI=1S/C30H38N4O4S7/c35-27-31-13-21-3-1-5-23(11-21)15-33-29(37)43-19-25(17-39-7-9-41-27)45-26-18-40-8-10-42-28(36)32-14-22-4-2-6-24(12-22)16-34-30(38)44-20-26/h1-6,11-12,25-26H,7-10,13-20H2,(H,31,35)(H,32,36)(H,33,37)(H,34,38). The van der Waals surface area contributed by atoms with Crippen LogP contribution in [0.2, 0.25) is 0 Å². The Morgan fingerprint density at radius 2 is 0.844 bits per heavy atom. The van der Waals surface area contributed by atoms with Gasteiger partial charge in [0, 0.05) is 82.7 Å². The predicted octanol–water partition coefficient (Wildman–Crippen LogP) is 7.12. The molecule has 45 heavy (non-hydrogen) atoms. The summed E-state index contributed by atoms with van der Waals surface area (Å²) in [7, 11) is 0. The van der Waals surface area contributed by atoms with Crippen LogP contribution in [0.15, 0.2) is 48.5 Å². The Hall–Kier alpha value is -1.23. The first-order chi connectivity index (χ1) is 21.9. The normalized spacial score (nSPS) is 22.5. The Morgan fingerprint density at radius 3 is 1.22 bits per heavy atom. The van der Waals surface area contributed by atoms with E-state index in [1.807, 2.05) is 60.3 Å². The van der Waals surface area contributed by atoms with Crippen molar-refractivity contribution in [1.82, 2.24) is 21.3 Å². The Labute approximate surface area is 295 Å². The average molecular weight is 743 g/mol. The van der Waals surface area contributed by atoms with Gasteiger partial charge in [0.05, 0.1) is 0 Å². The molecule has 4 N–H and O–H groups in total. The zero-order valence-corrected chi connectivity index (χ0v) is 30.5. The van der Waals surface area contributed by atoms with Crippen LogP contribution in [0.5, 0.6) is 0 Å². The fraction of sp³-hybridized carbons (Fsp3) is 0.467. The highest BCUT2D eigenvalue weighted by molar-refractivity contribution is 8.16. The number of carbonyl (C=O) groups excluding carboxylic acids is 4. The van der Waals surface area contributed by atoms with Gasteiger partial charge in [-0.1, -0.05) is 95.6 Å². The van der Waals surface area contributed by atoms with Gasteiger partial charge in [0.15, 0.2) is 0 Å². The number of thioether (sulfide) groups is 7. The summed E-state index contributed by atoms with van der Waals surface area (Å²) in [6.07, 6.45) is 0. The van der Waals surface area contributed by atoms with Crippen molar-refractivity contribution in [2.45, 2.75) is 36.7 Å². The van der Waals surface area contributed by atoms with Crippen molar-refractivity contribution in [3.8, 4) is 0 Å². The molecular weight excluding hydrogens is 705 g/mol. The number of fused-ring (bicyclic) bond motifs is 4. The van der Waals surface area contributed by atoms with Crippen molar-refractivity contribution in [2.24, 2.45) is 0 Å². The molecule has 15 heteroatoms. The van der Waals surface area contributed by atoms with Gasteiger partial charge in [0.2, 0.25) is 0 Å². The molecule has 2 atom stereocenters. The number of nitrogens with one attached hydrogen (secondary N) is 4. The topological polar surface area (TPSA) is 116 Å². The molecule has 2 aliphatic rings. The first-order valence-electron chi connectivity index (χ1n) is 14.5. The molecule has 244 valence electrons. The van der Waals surface area contributed by atoms with Gasteiger partial charge in [-0.25, -0.2) is 0 Å². The molecule has 0 radical (unpaired) electrons. The molecule has 0 saturated heterocycles. The predicted molar refractivity (Wildman–Crippen MR) is 201 cm³/mol. The largest absolute Gasteiger partial charge is 0.343 e. The quantitative estimate of drug-likeness (QED) is 0.252. The second-order valence-corrected chi connectivity index (χ2v) is 18.1. The number of rotatable bonds is 2. The molecule has 4 amide bonds. The Balaban J connectivity index is 1.37. The maximum absolute atomic E-state index is 12.8. The van der Waals surface area contributed by atoms with Crippen molar-refractivity contribution >= 4 is 103 Å². The molecule has 0 aromatic heterocycles. The second-order valence-electron chi connectivity index (χ2n) is 10.1. The maximum Gasteiger partial charge on any atom is 0.279 e. The molecule has 8 nitrogen and oxygen atoms in total. The molecule has 2 heterocycles. The van der Waals surface area contributed by atoms with Gasteiger partial charge in [-0.3, -0.25) is 19.2 Å². The van der Waals surface area contributed by atoms with Crippen molar-refractivity contribution in [2.75, 3.05) is 46.0 Å². The molecule has 2 aromatic rings. The zero-order chi connectivity index (χ0) is 31.7. The van der Waals surface area contributed by atoms with Crippen LogP contribution >= 0.6 is 82.3 Å². The van der Waals surface area contributed by atoms with E-state index in [9.17, 15) is 19.2 Å². The monoisotopic (exact) mass is 742 g/mol. The molecule has 2 unspecified atom stereocenters. The van der Waals surface area contributed by atoms with Gasteiger partial charge in [0.25, 0.3) is 21.0 Å². The lowest BCUT2D eigenvalue weighted by Crippen LogP contribution is -2.25. The minimum Gasteiger partial charge on any atom is -0.343 e. The molecule has 2 aliphatic heterocycles. The summed E-state index contributed by atoms with van der Waals surface area (Å²) in [6.45, 7) is 1.78. The van der Waals surface area contributed by atoms with Gasteiger partial charge >= 0.3 is 0 Å². The van der Waals surface area contributed by atoms with Crippen LogP contribution in [-0.2, 0) is 26.2 Å². The van der Waals surface area contributed by atoms with E-state index in [-0.39, 0.29) is 31.5 Å². The van der Waals surface area contributed by atoms with E-state index in [0.29, 0.717) is 49.2 Å². The van der Waals surface area contributed by atoms with Crippen molar-refractivity contribution in [1.29, 1.82) is 0 Å². The number of hydrogen-bond acceptors (Lipinski definition) is 11. The lowest BCUT2D eigenvalue weighted by atomic mass is 10.1. The highest BCUT2D eigenvalue weighted by Gasteiger charge is 2.21. The summed E-state index contributed by atoms with van der Waals surface area (Å²) in [5, 5.41) is 12.2. The molecular formula is C30H38N4O4S7. The molecule has 0 spiro atoms. The van der Waals surface area contributed by atoms with Crippen molar-refractivity contribution in [3.63, 3.8) is 0 Å². The molecule has 0 aliphatic carbocycles. The lowest BCUT2D eigenvalue weighted by molar-refractivity contribution is 0.259. The molecule has 2 aromatic carbocycles. The minimum atomic E-state index is -0.0550. The van der Waals surface area contributed by atoms with E-state index < -0.39 is 0 Å². The van der Waals surface area contributed by atoms with Crippen molar-refractivity contribution in [3.05, 3.63) is 70.8 Å². The summed E-state index contributed by atoms with van der Waals surface area (Å²) in [4.78, 5) is 50.3. The molecule has 0 saturated carbocycles. The van der Waals surface area contributed by atoms with E-state index in [4.69, 9.17) is 0 Å². The molecule has 4 bridgehead atoms. The van der Waals surface area contributed by atoms with Crippen LogP contribution in [-0.4, -0.2) is 77.5 Å². The summed E-state index contributed by atoms with van der Waals surface area (Å²) < 4.78 is 0. The number of hydrogen-bond donors (Lipinski definition) is 4. The Kier molecular flexibility index (Phi) is 17.0. The second kappa shape index (κ2) is 20.9. The lowest BCUT2D eigenvalue weighted by Gasteiger charge is -2.23. The number of benzene rings is 2. The fourth-order valence-corrected chi connectivity index (χ4v) is 12.0. The Morgan fingerprint density at radius 1 is 0.489 bits per heavy atom. The van der Waals surface area contributed by atoms with Crippen LogP contribution in [0.3, 0.4) is 0 Å². The van der Waals surface area contributed by atoms with Crippen LogP contribution < -0.4 is 21.3 Å². The van der Waals surface area contributed by atoms with E-state index in [1.54, 1.807) is 23.5 Å². The SMILES string of the molecule is O=C1NCc2cccc(c2)CNC(=O)SCC(SC2CSCCSC(=O)NCc3cccc(c3)CNC(=O)SC2)CSCCS1. The molecule has 0 fully saturated rings. The van der Waals surface area contributed by atoms with E-state index in [2.05, 4.69) is 21.3 Å². The van der Waals surface area contributed by atoms with E-state index in [1.165, 1.54) is 47.0 Å². The van der Waals surface area contributed by atoms with Crippen LogP contribution in [0.4, 0.5) is 19.2 Å². The third-order valence-corrected chi connectivity index (χ3v) is 15.1. The van der Waals surface area contributed by atoms with Crippen LogP contribution in [0, 0.1) is 0 Å². The molecule has 4 rings (SSSR count). The summed E-state index contributed by atoms with van der Waals surface area (Å²) >= 11 is 10.7. The number of amides is 4. The first-order valence-corrected chi connectivity index (χ1v) is 21.7. The van der Waals surface area contributed by atoms with Gasteiger partial charge in [-0.05, 0) is 22.3 Å². The zero-order valence-electron chi connectivity index (χ0n) is 24.7. The minimum absolute atomic E-state index is 0.0301. The van der Waals surface area contributed by atoms with Crippen LogP contribution in [0.1, 0.15) is 22.3 Å². The third-order valence-electron chi connectivity index (χ3n) is 6.44. The Bertz CT molecular complexity index is 1190. The van der Waals surface area contributed by atoms with Crippen LogP contribution in [0.25, 0.3) is 0 Å². The highest BCUT2D eigenvalue weighted by atomic mass is 32.2. The van der Waals surface area contributed by atoms with Gasteiger partial charge in [-0.15, -0.1) is 0 Å². The summed E-state index contributed by atoms with van der Waals surface area (Å²) in [5.41, 5.74) is 3.99. The summed E-state index contributed by atoms with van der Waals surface area (Å²) in [6, 6.07) is 15.8. The van der Waals surface area contributed by atoms with Gasteiger partial charge < -0.3 is 21.3 Å². The number of carbonyl (C=O) groups is 4. The van der Waals surface area contributed by atoms with Gasteiger partial charge in [0.1, 0.15) is 0 Å². The third kappa shape index (κ3) is 15.0. The maximum atomic E-state index is 12.8. The smallest absolute Gasteiger partial charge is 0.279 e.